The van der Waals surface area contributed by atoms with Crippen molar-refractivity contribution in [2.24, 2.45) is 5.41 Å². The second-order valence-electron chi connectivity index (χ2n) is 6.00. The lowest BCUT2D eigenvalue weighted by Gasteiger charge is -2.52. The fraction of sp³-hybridized carbons (Fsp3) is 0.438. The van der Waals surface area contributed by atoms with E-state index in [0.717, 1.165) is 5.69 Å². The summed E-state index contributed by atoms with van der Waals surface area (Å²) in [5.74, 6) is 0.599. The van der Waals surface area contributed by atoms with Crippen molar-refractivity contribution in [3.63, 3.8) is 0 Å². The molecule has 0 amide bonds. The molecule has 1 N–H and O–H groups in total. The summed E-state index contributed by atoms with van der Waals surface area (Å²) in [5, 5.41) is 7.90. The molecular formula is C16H21N3. The summed E-state index contributed by atoms with van der Waals surface area (Å²) < 4.78 is 1.97. The van der Waals surface area contributed by atoms with Gasteiger partial charge >= 0.3 is 0 Å². The average molecular weight is 255 g/mol. The molecule has 1 aromatic carbocycles. The van der Waals surface area contributed by atoms with Crippen LogP contribution in [0.3, 0.4) is 0 Å². The van der Waals surface area contributed by atoms with Crippen molar-refractivity contribution in [3.05, 3.63) is 48.3 Å². The monoisotopic (exact) mass is 255 g/mol. The molecular weight excluding hydrogens is 234 g/mol. The highest BCUT2D eigenvalue weighted by molar-refractivity contribution is 5.33. The average Bonchev–Trinajstić information content (AvgIpc) is 2.88. The third-order valence-corrected chi connectivity index (χ3v) is 4.64. The van der Waals surface area contributed by atoms with Crippen LogP contribution >= 0.6 is 0 Å². The molecule has 100 valence electrons. The van der Waals surface area contributed by atoms with Gasteiger partial charge in [0.25, 0.3) is 0 Å². The Labute approximate surface area is 114 Å². The lowest BCUT2D eigenvalue weighted by Crippen LogP contribution is -2.54. The van der Waals surface area contributed by atoms with E-state index in [2.05, 4.69) is 49.6 Å². The van der Waals surface area contributed by atoms with E-state index in [4.69, 9.17) is 0 Å². The smallest absolute Gasteiger partial charge is 0.0645 e. The largest absolute Gasteiger partial charge is 0.316 e. The van der Waals surface area contributed by atoms with Crippen LogP contribution in [-0.4, -0.2) is 22.9 Å². The Morgan fingerprint density at radius 2 is 2.00 bits per heavy atom. The predicted octanol–water partition coefficient (Wildman–Crippen LogP) is 2.97. The van der Waals surface area contributed by atoms with Gasteiger partial charge in [0.15, 0.2) is 0 Å². The van der Waals surface area contributed by atoms with Crippen molar-refractivity contribution < 1.29 is 0 Å². The minimum atomic E-state index is 0.305. The number of nitrogens with zero attached hydrogens (tertiary/aromatic N) is 2. The highest BCUT2D eigenvalue weighted by Crippen LogP contribution is 2.52. The van der Waals surface area contributed by atoms with Crippen LogP contribution in [0.1, 0.15) is 31.7 Å². The quantitative estimate of drug-likeness (QED) is 0.913. The van der Waals surface area contributed by atoms with E-state index in [9.17, 15) is 0 Å². The summed E-state index contributed by atoms with van der Waals surface area (Å²) in [4.78, 5) is 0. The number of para-hydroxylation sites is 1. The van der Waals surface area contributed by atoms with Crippen LogP contribution in [0.2, 0.25) is 0 Å². The zero-order chi connectivity index (χ0) is 13.5. The van der Waals surface area contributed by atoms with Crippen molar-refractivity contribution >= 4 is 0 Å². The van der Waals surface area contributed by atoms with Crippen LogP contribution < -0.4 is 5.32 Å². The van der Waals surface area contributed by atoms with Crippen LogP contribution in [0, 0.1) is 5.41 Å². The van der Waals surface area contributed by atoms with Gasteiger partial charge in [0.1, 0.15) is 0 Å². The van der Waals surface area contributed by atoms with Crippen LogP contribution in [0.5, 0.6) is 0 Å². The lowest BCUT2D eigenvalue weighted by molar-refractivity contribution is 0.0751. The highest BCUT2D eigenvalue weighted by atomic mass is 15.3. The van der Waals surface area contributed by atoms with E-state index >= 15 is 0 Å². The molecule has 2 unspecified atom stereocenters. The minimum absolute atomic E-state index is 0.305. The predicted molar refractivity (Wildman–Crippen MR) is 77.6 cm³/mol. The summed E-state index contributed by atoms with van der Waals surface area (Å²) in [6, 6.07) is 10.9. The van der Waals surface area contributed by atoms with Crippen molar-refractivity contribution in [2.75, 3.05) is 7.05 Å². The number of rotatable bonds is 3. The Bertz CT molecular complexity index is 556. The summed E-state index contributed by atoms with van der Waals surface area (Å²) in [6.45, 7) is 4.67. The van der Waals surface area contributed by atoms with Crippen molar-refractivity contribution in [3.8, 4) is 5.69 Å². The summed E-state index contributed by atoms with van der Waals surface area (Å²) in [5.41, 5.74) is 2.77. The van der Waals surface area contributed by atoms with E-state index in [1.54, 1.807) is 0 Å². The van der Waals surface area contributed by atoms with Gasteiger partial charge in [-0.3, -0.25) is 0 Å². The molecule has 1 aliphatic rings. The first-order valence-corrected chi connectivity index (χ1v) is 6.90. The number of nitrogens with one attached hydrogen (secondary N) is 1. The molecule has 1 fully saturated rings. The molecule has 0 radical (unpaired) electrons. The van der Waals surface area contributed by atoms with Crippen molar-refractivity contribution in [1.29, 1.82) is 0 Å². The van der Waals surface area contributed by atoms with Gasteiger partial charge in [-0.2, -0.15) is 5.10 Å². The molecule has 3 heteroatoms. The molecule has 3 rings (SSSR count). The normalized spacial score (nSPS) is 25.0. The Kier molecular flexibility index (Phi) is 2.94. The minimum Gasteiger partial charge on any atom is -0.316 e. The Balaban J connectivity index is 1.84. The molecule has 19 heavy (non-hydrogen) atoms. The molecule has 0 bridgehead atoms. The molecule has 2 atom stereocenters. The molecule has 0 aliphatic heterocycles. The van der Waals surface area contributed by atoms with Gasteiger partial charge in [0.2, 0.25) is 0 Å². The zero-order valence-electron chi connectivity index (χ0n) is 11.8. The third-order valence-electron chi connectivity index (χ3n) is 4.64. The van der Waals surface area contributed by atoms with Crippen LogP contribution in [-0.2, 0) is 0 Å². The topological polar surface area (TPSA) is 29.9 Å². The summed E-state index contributed by atoms with van der Waals surface area (Å²) in [6.07, 6.45) is 5.39. The standard InChI is InChI=1S/C16H21N3/c1-16(2)14(9-15(16)17-3)12-10-18-19(11-12)13-7-5-4-6-8-13/h4-8,10-11,14-15,17H,9H2,1-3H3. The Hall–Kier alpha value is -1.61. The van der Waals surface area contributed by atoms with Gasteiger partial charge in [0.05, 0.1) is 11.9 Å². The molecule has 0 spiro atoms. The van der Waals surface area contributed by atoms with Gasteiger partial charge in [-0.25, -0.2) is 4.68 Å². The van der Waals surface area contributed by atoms with E-state index in [1.807, 2.05) is 29.1 Å². The van der Waals surface area contributed by atoms with Gasteiger partial charge in [-0.15, -0.1) is 0 Å². The number of hydrogen-bond acceptors (Lipinski definition) is 2. The molecule has 1 saturated carbocycles. The lowest BCUT2D eigenvalue weighted by atomic mass is 9.57. The van der Waals surface area contributed by atoms with E-state index in [0.29, 0.717) is 17.4 Å². The van der Waals surface area contributed by atoms with Crippen molar-refractivity contribution in [1.82, 2.24) is 15.1 Å². The molecule has 2 aromatic rings. The second kappa shape index (κ2) is 4.49. The van der Waals surface area contributed by atoms with Crippen LogP contribution in [0.25, 0.3) is 5.69 Å². The molecule has 1 aromatic heterocycles. The zero-order valence-corrected chi connectivity index (χ0v) is 11.8. The number of hydrogen-bond donors (Lipinski definition) is 1. The number of benzene rings is 1. The van der Waals surface area contributed by atoms with E-state index < -0.39 is 0 Å². The fourth-order valence-electron chi connectivity index (χ4n) is 3.22. The van der Waals surface area contributed by atoms with Crippen LogP contribution in [0.4, 0.5) is 0 Å². The van der Waals surface area contributed by atoms with Crippen molar-refractivity contribution in [2.45, 2.75) is 32.2 Å². The maximum Gasteiger partial charge on any atom is 0.0645 e. The maximum absolute atomic E-state index is 4.50. The van der Waals surface area contributed by atoms with E-state index in [-0.39, 0.29) is 0 Å². The van der Waals surface area contributed by atoms with Gasteiger partial charge in [-0.1, -0.05) is 32.0 Å². The summed E-state index contributed by atoms with van der Waals surface area (Å²) in [7, 11) is 2.05. The van der Waals surface area contributed by atoms with Crippen LogP contribution in [0.15, 0.2) is 42.7 Å². The first-order valence-electron chi connectivity index (χ1n) is 6.90. The fourth-order valence-corrected chi connectivity index (χ4v) is 3.22. The first-order chi connectivity index (χ1) is 9.13. The molecule has 1 aliphatic carbocycles. The molecule has 3 nitrogen and oxygen atoms in total. The third kappa shape index (κ3) is 1.98. The highest BCUT2D eigenvalue weighted by Gasteiger charge is 2.48. The summed E-state index contributed by atoms with van der Waals surface area (Å²) >= 11 is 0. The number of aromatic nitrogens is 2. The van der Waals surface area contributed by atoms with E-state index in [1.165, 1.54) is 12.0 Å². The molecule has 1 heterocycles. The first kappa shape index (κ1) is 12.4. The maximum atomic E-state index is 4.50. The van der Waals surface area contributed by atoms with Gasteiger partial charge in [-0.05, 0) is 42.5 Å². The Morgan fingerprint density at radius 3 is 2.63 bits per heavy atom. The second-order valence-corrected chi connectivity index (χ2v) is 6.00. The SMILES string of the molecule is CNC1CC(c2cnn(-c3ccccc3)c2)C1(C)C. The Morgan fingerprint density at radius 1 is 1.26 bits per heavy atom. The van der Waals surface area contributed by atoms with Gasteiger partial charge < -0.3 is 5.32 Å². The van der Waals surface area contributed by atoms with Gasteiger partial charge in [0, 0.05) is 12.2 Å². The molecule has 0 saturated heterocycles.